The molecule has 0 fully saturated rings. The van der Waals surface area contributed by atoms with Crippen molar-refractivity contribution in [3.63, 3.8) is 0 Å². The van der Waals surface area contributed by atoms with Gasteiger partial charge in [-0.1, -0.05) is 12.1 Å². The predicted molar refractivity (Wildman–Crippen MR) is 107 cm³/mol. The third-order valence-corrected chi connectivity index (χ3v) is 4.93. The Bertz CT molecular complexity index is 975. The number of hydrogen-bond donors (Lipinski definition) is 1. The molecule has 0 saturated heterocycles. The summed E-state index contributed by atoms with van der Waals surface area (Å²) in [5.74, 6) is 1.26. The number of benzene rings is 2. The number of rotatable bonds is 6. The fourth-order valence-corrected chi connectivity index (χ4v) is 3.75. The van der Waals surface area contributed by atoms with Gasteiger partial charge in [-0.15, -0.1) is 0 Å². The van der Waals surface area contributed by atoms with Gasteiger partial charge in [-0.2, -0.15) is 5.26 Å². The largest absolute Gasteiger partial charge is 0.493 e. The molecule has 0 aliphatic carbocycles. The number of nitrogens with zero attached hydrogens (tertiary/aromatic N) is 2. The second-order valence-electron chi connectivity index (χ2n) is 5.25. The van der Waals surface area contributed by atoms with Crippen molar-refractivity contribution in [3.05, 3.63) is 51.3 Å². The second kappa shape index (κ2) is 8.30. The molecule has 0 aliphatic heterocycles. The van der Waals surface area contributed by atoms with E-state index in [9.17, 15) is 5.26 Å². The minimum atomic E-state index is 0.516. The van der Waals surface area contributed by atoms with E-state index < -0.39 is 0 Å². The third-order valence-electron chi connectivity index (χ3n) is 3.52. The fraction of sp³-hybridized carbons (Fsp3) is 0.158. The van der Waals surface area contributed by atoms with E-state index in [4.69, 9.17) is 9.47 Å². The van der Waals surface area contributed by atoms with Crippen LogP contribution in [0.25, 0.3) is 17.1 Å². The maximum atomic E-state index is 9.51. The van der Waals surface area contributed by atoms with Crippen LogP contribution in [0.2, 0.25) is 0 Å². The Morgan fingerprint density at radius 1 is 1.38 bits per heavy atom. The van der Waals surface area contributed by atoms with Gasteiger partial charge in [0.2, 0.25) is 0 Å². The number of aromatic amines is 1. The molecule has 132 valence electrons. The molecule has 0 radical (unpaired) electrons. The first-order valence-corrected chi connectivity index (χ1v) is 9.50. The molecule has 26 heavy (non-hydrogen) atoms. The average molecular weight is 430 g/mol. The van der Waals surface area contributed by atoms with E-state index >= 15 is 0 Å². The highest BCUT2D eigenvalue weighted by Gasteiger charge is 2.12. The Kier molecular flexibility index (Phi) is 5.86. The van der Waals surface area contributed by atoms with E-state index in [1.807, 2.05) is 43.3 Å². The number of fused-ring (bicyclic) bond motifs is 1. The molecule has 0 aliphatic rings. The molecule has 0 saturated carbocycles. The van der Waals surface area contributed by atoms with E-state index in [0.717, 1.165) is 21.1 Å². The number of nitriles is 1. The molecule has 1 N–H and O–H groups in total. The second-order valence-corrected chi connectivity index (χ2v) is 7.13. The molecule has 2 aromatic carbocycles. The van der Waals surface area contributed by atoms with Crippen LogP contribution in [0.1, 0.15) is 12.5 Å². The molecule has 0 atom stereocenters. The maximum Gasteiger partial charge on any atom is 0.175 e. The Labute approximate surface area is 164 Å². The van der Waals surface area contributed by atoms with Crippen LogP contribution in [0.3, 0.4) is 0 Å². The third kappa shape index (κ3) is 4.03. The van der Waals surface area contributed by atoms with E-state index in [2.05, 4.69) is 32.0 Å². The summed E-state index contributed by atoms with van der Waals surface area (Å²) in [7, 11) is 1.59. The van der Waals surface area contributed by atoms with E-state index in [1.54, 1.807) is 13.2 Å². The number of halogens is 1. The lowest BCUT2D eigenvalue weighted by Gasteiger charge is -2.12. The topological polar surface area (TPSA) is 70.9 Å². The summed E-state index contributed by atoms with van der Waals surface area (Å²) in [5.41, 5.74) is 2.65. The van der Waals surface area contributed by atoms with Gasteiger partial charge >= 0.3 is 0 Å². The van der Waals surface area contributed by atoms with Crippen molar-refractivity contribution in [2.75, 3.05) is 13.7 Å². The Morgan fingerprint density at radius 3 is 2.88 bits per heavy atom. The lowest BCUT2D eigenvalue weighted by molar-refractivity contribution is 0.309. The van der Waals surface area contributed by atoms with Crippen LogP contribution in [0.15, 0.2) is 50.9 Å². The number of aromatic nitrogens is 2. The zero-order valence-corrected chi connectivity index (χ0v) is 16.6. The number of H-pyrrole nitrogens is 1. The first kappa shape index (κ1) is 18.4. The smallest absolute Gasteiger partial charge is 0.175 e. The van der Waals surface area contributed by atoms with Gasteiger partial charge in [-0.3, -0.25) is 0 Å². The molecular formula is C19H16BrN3O2S. The number of hydrogen-bond acceptors (Lipinski definition) is 5. The van der Waals surface area contributed by atoms with Gasteiger partial charge in [0.15, 0.2) is 16.7 Å². The van der Waals surface area contributed by atoms with Crippen LogP contribution in [-0.2, 0) is 0 Å². The number of para-hydroxylation sites is 2. The molecule has 0 spiro atoms. The molecule has 0 unspecified atom stereocenters. The maximum absolute atomic E-state index is 9.51. The van der Waals surface area contributed by atoms with Crippen LogP contribution >= 0.6 is 27.7 Å². The molecule has 0 bridgehead atoms. The van der Waals surface area contributed by atoms with Crippen molar-refractivity contribution < 1.29 is 9.47 Å². The first-order valence-electron chi connectivity index (χ1n) is 7.89. The van der Waals surface area contributed by atoms with Crippen LogP contribution in [-0.4, -0.2) is 23.7 Å². The normalized spacial score (nSPS) is 11.4. The van der Waals surface area contributed by atoms with Gasteiger partial charge in [0.05, 0.1) is 34.1 Å². The number of imidazole rings is 1. The highest BCUT2D eigenvalue weighted by atomic mass is 79.9. The molecule has 7 heteroatoms. The highest BCUT2D eigenvalue weighted by molar-refractivity contribution is 9.10. The Balaban J connectivity index is 1.91. The molecular weight excluding hydrogens is 414 g/mol. The number of thioether (sulfide) groups is 1. The van der Waals surface area contributed by atoms with Gasteiger partial charge < -0.3 is 14.5 Å². The summed E-state index contributed by atoms with van der Waals surface area (Å²) < 4.78 is 11.8. The minimum absolute atomic E-state index is 0.516. The number of ether oxygens (including phenoxy) is 2. The van der Waals surface area contributed by atoms with Gasteiger partial charge in [0.25, 0.3) is 0 Å². The van der Waals surface area contributed by atoms with Crippen molar-refractivity contribution in [2.24, 2.45) is 0 Å². The van der Waals surface area contributed by atoms with Crippen molar-refractivity contribution >= 4 is 44.8 Å². The van der Waals surface area contributed by atoms with Gasteiger partial charge in [0.1, 0.15) is 6.07 Å². The number of nitrogens with one attached hydrogen (secondary N) is 1. The fourth-order valence-electron chi connectivity index (χ4n) is 2.43. The van der Waals surface area contributed by atoms with Crippen molar-refractivity contribution in [1.29, 1.82) is 5.26 Å². The highest BCUT2D eigenvalue weighted by Crippen LogP contribution is 2.38. The number of methoxy groups -OCH3 is 1. The SMILES string of the molecule is CCOc1c(Br)cc(/C=C(\C#N)Sc2nc3ccccc3[nH]2)cc1OC. The van der Waals surface area contributed by atoms with Crippen LogP contribution < -0.4 is 9.47 Å². The summed E-state index contributed by atoms with van der Waals surface area (Å²) in [6.07, 6.45) is 1.79. The van der Waals surface area contributed by atoms with Crippen LogP contribution in [0.5, 0.6) is 11.5 Å². The van der Waals surface area contributed by atoms with Crippen LogP contribution in [0, 0.1) is 11.3 Å². The Hall–Kier alpha value is -2.43. The summed E-state index contributed by atoms with van der Waals surface area (Å²) in [6.45, 7) is 2.45. The van der Waals surface area contributed by atoms with Crippen LogP contribution in [0.4, 0.5) is 0 Å². The average Bonchev–Trinajstić information content (AvgIpc) is 3.05. The summed E-state index contributed by atoms with van der Waals surface area (Å²) in [5, 5.41) is 10.2. The summed E-state index contributed by atoms with van der Waals surface area (Å²) >= 11 is 4.79. The van der Waals surface area contributed by atoms with E-state index in [0.29, 0.717) is 28.2 Å². The first-order chi connectivity index (χ1) is 12.6. The van der Waals surface area contributed by atoms with Gasteiger partial charge in [-0.25, -0.2) is 4.98 Å². The number of allylic oxidation sites excluding steroid dienone is 1. The zero-order valence-electron chi connectivity index (χ0n) is 14.2. The lowest BCUT2D eigenvalue weighted by Crippen LogP contribution is -1.97. The summed E-state index contributed by atoms with van der Waals surface area (Å²) in [6, 6.07) is 13.7. The van der Waals surface area contributed by atoms with Crippen molar-refractivity contribution in [3.8, 4) is 17.6 Å². The monoisotopic (exact) mass is 429 g/mol. The molecule has 3 aromatic rings. The molecule has 0 amide bonds. The van der Waals surface area contributed by atoms with Crippen molar-refractivity contribution in [1.82, 2.24) is 9.97 Å². The summed E-state index contributed by atoms with van der Waals surface area (Å²) in [4.78, 5) is 8.22. The minimum Gasteiger partial charge on any atom is -0.493 e. The van der Waals surface area contributed by atoms with E-state index in [-0.39, 0.29) is 0 Å². The predicted octanol–water partition coefficient (Wildman–Crippen LogP) is 5.39. The molecule has 3 rings (SSSR count). The Morgan fingerprint density at radius 2 is 2.19 bits per heavy atom. The van der Waals surface area contributed by atoms with E-state index in [1.165, 1.54) is 11.8 Å². The molecule has 5 nitrogen and oxygen atoms in total. The molecule has 1 heterocycles. The van der Waals surface area contributed by atoms with Crippen molar-refractivity contribution in [2.45, 2.75) is 12.1 Å². The van der Waals surface area contributed by atoms with Gasteiger partial charge in [-0.05, 0) is 70.5 Å². The lowest BCUT2D eigenvalue weighted by atomic mass is 10.2. The zero-order chi connectivity index (χ0) is 18.5. The molecule has 1 aromatic heterocycles. The standard InChI is InChI=1S/C19H16BrN3O2S/c1-3-25-18-14(20)9-12(10-17(18)24-2)8-13(11-21)26-19-22-15-6-4-5-7-16(15)23-19/h4-10H,3H2,1-2H3,(H,22,23)/b13-8+. The quantitative estimate of drug-likeness (QED) is 0.420. The van der Waals surface area contributed by atoms with Gasteiger partial charge in [0, 0.05) is 0 Å².